The van der Waals surface area contributed by atoms with Crippen LogP contribution in [0.2, 0.25) is 0 Å². The van der Waals surface area contributed by atoms with Gasteiger partial charge >= 0.3 is 6.09 Å². The summed E-state index contributed by atoms with van der Waals surface area (Å²) in [5, 5.41) is 14.6. The van der Waals surface area contributed by atoms with E-state index >= 15 is 0 Å². The number of hydrogen-bond acceptors (Lipinski definition) is 4. The molecular weight excluding hydrogens is 284 g/mol. The van der Waals surface area contributed by atoms with Crippen molar-refractivity contribution in [3.05, 3.63) is 35.9 Å². The number of rotatable bonds is 5. The molecule has 1 aromatic rings. The minimum atomic E-state index is -0.771. The van der Waals surface area contributed by atoms with Crippen molar-refractivity contribution in [2.75, 3.05) is 6.61 Å². The van der Waals surface area contributed by atoms with Gasteiger partial charge in [-0.25, -0.2) is 4.79 Å². The van der Waals surface area contributed by atoms with Gasteiger partial charge in [-0.15, -0.1) is 0 Å². The van der Waals surface area contributed by atoms with Crippen LogP contribution in [0.5, 0.6) is 0 Å². The van der Waals surface area contributed by atoms with E-state index < -0.39 is 29.7 Å². The second-order valence-corrected chi connectivity index (χ2v) is 6.02. The van der Waals surface area contributed by atoms with Gasteiger partial charge in [0, 0.05) is 0 Å². The van der Waals surface area contributed by atoms with Crippen molar-refractivity contribution < 1.29 is 19.4 Å². The lowest BCUT2D eigenvalue weighted by atomic mass is 10.1. The van der Waals surface area contributed by atoms with E-state index in [4.69, 9.17) is 4.74 Å². The zero-order valence-corrected chi connectivity index (χ0v) is 13.4. The summed E-state index contributed by atoms with van der Waals surface area (Å²) < 4.78 is 5.10. The Bertz CT molecular complexity index is 497. The van der Waals surface area contributed by atoms with Gasteiger partial charge in [-0.3, -0.25) is 4.79 Å². The van der Waals surface area contributed by atoms with Crippen LogP contribution in [0.3, 0.4) is 0 Å². The fraction of sp³-hybridized carbons (Fsp3) is 0.500. The Hall–Kier alpha value is -2.08. The normalized spacial score (nSPS) is 13.9. The van der Waals surface area contributed by atoms with Crippen LogP contribution in [0, 0.1) is 0 Å². The Balaban J connectivity index is 2.58. The van der Waals surface area contributed by atoms with E-state index in [-0.39, 0.29) is 6.61 Å². The average molecular weight is 308 g/mol. The van der Waals surface area contributed by atoms with Crippen LogP contribution in [-0.2, 0) is 9.53 Å². The lowest BCUT2D eigenvalue weighted by Gasteiger charge is -2.23. The van der Waals surface area contributed by atoms with E-state index in [0.717, 1.165) is 5.56 Å². The molecule has 0 bridgehead atoms. The maximum absolute atomic E-state index is 12.1. The third-order valence-electron chi connectivity index (χ3n) is 2.83. The lowest BCUT2D eigenvalue weighted by Crippen LogP contribution is -2.47. The molecular formula is C16H24N2O4. The summed E-state index contributed by atoms with van der Waals surface area (Å²) in [6.45, 7) is 6.56. The van der Waals surface area contributed by atoms with Gasteiger partial charge in [-0.1, -0.05) is 30.3 Å². The van der Waals surface area contributed by atoms with Crippen LogP contribution in [0.25, 0.3) is 0 Å². The molecule has 6 heteroatoms. The van der Waals surface area contributed by atoms with Gasteiger partial charge < -0.3 is 20.5 Å². The molecule has 0 aliphatic carbocycles. The van der Waals surface area contributed by atoms with Gasteiger partial charge in [0.15, 0.2) is 0 Å². The standard InChI is InChI=1S/C16H24N2O4/c1-11(17-15(21)22-16(2,3)4)14(20)18-13(10-19)12-8-6-5-7-9-12/h5-9,11,13,19H,10H2,1-4H3,(H,17,21)(H,18,20)/t11-,13-/m1/s1. The predicted molar refractivity (Wildman–Crippen MR) is 83.2 cm³/mol. The van der Waals surface area contributed by atoms with Crippen molar-refractivity contribution in [3.8, 4) is 0 Å². The molecule has 0 spiro atoms. The summed E-state index contributed by atoms with van der Waals surface area (Å²) in [5.41, 5.74) is 0.167. The number of amides is 2. The Labute approximate surface area is 130 Å². The molecule has 0 fully saturated rings. The van der Waals surface area contributed by atoms with Crippen LogP contribution in [-0.4, -0.2) is 35.4 Å². The molecule has 0 radical (unpaired) electrons. The minimum absolute atomic E-state index is 0.227. The third-order valence-corrected chi connectivity index (χ3v) is 2.83. The number of aliphatic hydroxyl groups is 1. The molecule has 0 unspecified atom stereocenters. The van der Waals surface area contributed by atoms with Gasteiger partial charge in [0.1, 0.15) is 11.6 Å². The van der Waals surface area contributed by atoms with Crippen molar-refractivity contribution in [1.29, 1.82) is 0 Å². The summed E-state index contributed by atoms with van der Waals surface area (Å²) in [6.07, 6.45) is -0.657. The van der Waals surface area contributed by atoms with Gasteiger partial charge in [-0.05, 0) is 33.3 Å². The van der Waals surface area contributed by atoms with E-state index in [9.17, 15) is 14.7 Å². The maximum atomic E-state index is 12.1. The van der Waals surface area contributed by atoms with Crippen LogP contribution in [0.15, 0.2) is 30.3 Å². The SMILES string of the molecule is C[C@@H](NC(=O)OC(C)(C)C)C(=O)N[C@H](CO)c1ccccc1. The van der Waals surface area contributed by atoms with Crippen molar-refractivity contribution in [1.82, 2.24) is 10.6 Å². The van der Waals surface area contributed by atoms with Gasteiger partial charge in [0.2, 0.25) is 5.91 Å². The molecule has 2 amide bonds. The van der Waals surface area contributed by atoms with Crippen molar-refractivity contribution in [2.24, 2.45) is 0 Å². The predicted octanol–water partition coefficient (Wildman–Crippen LogP) is 1.75. The summed E-state index contributed by atoms with van der Waals surface area (Å²) >= 11 is 0. The Kier molecular flexibility index (Phi) is 6.37. The number of carbonyl (C=O) groups excluding carboxylic acids is 2. The van der Waals surface area contributed by atoms with E-state index in [0.29, 0.717) is 0 Å². The second kappa shape index (κ2) is 7.79. The van der Waals surface area contributed by atoms with Crippen molar-refractivity contribution in [2.45, 2.75) is 45.4 Å². The summed E-state index contributed by atoms with van der Waals surface area (Å²) in [7, 11) is 0. The fourth-order valence-electron chi connectivity index (χ4n) is 1.77. The number of benzene rings is 1. The number of aliphatic hydroxyl groups excluding tert-OH is 1. The quantitative estimate of drug-likeness (QED) is 0.773. The molecule has 2 atom stereocenters. The molecule has 22 heavy (non-hydrogen) atoms. The fourth-order valence-corrected chi connectivity index (χ4v) is 1.77. The van der Waals surface area contributed by atoms with Crippen LogP contribution < -0.4 is 10.6 Å². The highest BCUT2D eigenvalue weighted by Crippen LogP contribution is 2.12. The first-order valence-corrected chi connectivity index (χ1v) is 7.18. The molecule has 1 aromatic carbocycles. The molecule has 3 N–H and O–H groups in total. The Morgan fingerprint density at radius 1 is 1.18 bits per heavy atom. The summed E-state index contributed by atoms with van der Waals surface area (Å²) in [5.74, 6) is -0.395. The number of hydrogen-bond donors (Lipinski definition) is 3. The Morgan fingerprint density at radius 2 is 1.77 bits per heavy atom. The largest absolute Gasteiger partial charge is 0.444 e. The number of carbonyl (C=O) groups is 2. The molecule has 6 nitrogen and oxygen atoms in total. The first kappa shape index (κ1) is 18.0. The van der Waals surface area contributed by atoms with E-state index in [1.54, 1.807) is 27.7 Å². The van der Waals surface area contributed by atoms with Crippen LogP contribution >= 0.6 is 0 Å². The van der Waals surface area contributed by atoms with E-state index in [2.05, 4.69) is 10.6 Å². The molecule has 122 valence electrons. The molecule has 1 rings (SSSR count). The second-order valence-electron chi connectivity index (χ2n) is 6.02. The van der Waals surface area contributed by atoms with Crippen LogP contribution in [0.4, 0.5) is 4.79 Å². The average Bonchev–Trinajstić information content (AvgIpc) is 2.43. The highest BCUT2D eigenvalue weighted by Gasteiger charge is 2.23. The number of alkyl carbamates (subject to hydrolysis) is 1. The smallest absolute Gasteiger partial charge is 0.408 e. The Morgan fingerprint density at radius 3 is 2.27 bits per heavy atom. The monoisotopic (exact) mass is 308 g/mol. The molecule has 0 aliphatic heterocycles. The number of nitrogens with one attached hydrogen (secondary N) is 2. The first-order valence-electron chi connectivity index (χ1n) is 7.18. The maximum Gasteiger partial charge on any atom is 0.408 e. The van der Waals surface area contributed by atoms with Gasteiger partial charge in [0.25, 0.3) is 0 Å². The van der Waals surface area contributed by atoms with Crippen LogP contribution in [0.1, 0.15) is 39.3 Å². The third kappa shape index (κ3) is 6.13. The molecule has 0 heterocycles. The zero-order chi connectivity index (χ0) is 16.8. The lowest BCUT2D eigenvalue weighted by molar-refractivity contribution is -0.123. The van der Waals surface area contributed by atoms with Gasteiger partial charge in [-0.2, -0.15) is 0 Å². The zero-order valence-electron chi connectivity index (χ0n) is 13.4. The first-order chi connectivity index (χ1) is 10.2. The van der Waals surface area contributed by atoms with Crippen molar-refractivity contribution >= 4 is 12.0 Å². The van der Waals surface area contributed by atoms with Gasteiger partial charge in [0.05, 0.1) is 12.6 Å². The summed E-state index contributed by atoms with van der Waals surface area (Å²) in [4.78, 5) is 23.7. The van der Waals surface area contributed by atoms with E-state index in [1.165, 1.54) is 0 Å². The molecule has 0 saturated heterocycles. The highest BCUT2D eigenvalue weighted by atomic mass is 16.6. The minimum Gasteiger partial charge on any atom is -0.444 e. The number of ether oxygens (including phenoxy) is 1. The van der Waals surface area contributed by atoms with Crippen molar-refractivity contribution in [3.63, 3.8) is 0 Å². The topological polar surface area (TPSA) is 87.7 Å². The summed E-state index contributed by atoms with van der Waals surface area (Å²) in [6, 6.07) is 7.84. The molecule has 0 saturated carbocycles. The molecule has 0 aliphatic rings. The molecule has 0 aromatic heterocycles. The van der Waals surface area contributed by atoms with E-state index in [1.807, 2.05) is 30.3 Å². The highest BCUT2D eigenvalue weighted by molar-refractivity contribution is 5.85.